The minimum Gasteiger partial charge on any atom is -0.483 e. The summed E-state index contributed by atoms with van der Waals surface area (Å²) in [7, 11) is 0. The van der Waals surface area contributed by atoms with Crippen LogP contribution in [0, 0.1) is 12.8 Å². The van der Waals surface area contributed by atoms with Crippen molar-refractivity contribution < 1.29 is 14.3 Å². The van der Waals surface area contributed by atoms with Crippen molar-refractivity contribution in [1.29, 1.82) is 0 Å². The molecule has 0 saturated heterocycles. The summed E-state index contributed by atoms with van der Waals surface area (Å²) in [5.74, 6) is 0.478. The second kappa shape index (κ2) is 13.8. The van der Waals surface area contributed by atoms with Crippen molar-refractivity contribution in [2.24, 2.45) is 5.92 Å². The molecule has 3 rings (SSSR count). The quantitative estimate of drug-likeness (QED) is 0.265. The first-order valence-corrected chi connectivity index (χ1v) is 14.3. The zero-order valence-corrected chi connectivity index (χ0v) is 25.5. The Bertz CT molecular complexity index is 1230. The molecule has 2 amide bonds. The van der Waals surface area contributed by atoms with Crippen LogP contribution in [0.15, 0.2) is 77.3 Å². The molecule has 0 bridgehead atoms. The Morgan fingerprint density at radius 3 is 2.21 bits per heavy atom. The Morgan fingerprint density at radius 1 is 0.949 bits per heavy atom. The van der Waals surface area contributed by atoms with Gasteiger partial charge < -0.3 is 15.0 Å². The Kier molecular flexibility index (Phi) is 10.8. The van der Waals surface area contributed by atoms with Crippen LogP contribution in [0.1, 0.15) is 56.9 Å². The van der Waals surface area contributed by atoms with Crippen LogP contribution in [0.5, 0.6) is 5.75 Å². The van der Waals surface area contributed by atoms with Gasteiger partial charge in [0.2, 0.25) is 5.91 Å². The van der Waals surface area contributed by atoms with E-state index in [0.717, 1.165) is 21.2 Å². The smallest absolute Gasteiger partial charge is 0.261 e. The number of aryl methyl sites for hydroxylation is 1. The molecule has 0 spiro atoms. The molecule has 0 aromatic heterocycles. The van der Waals surface area contributed by atoms with Gasteiger partial charge in [-0.15, -0.1) is 0 Å². The molecule has 3 aromatic carbocycles. The molecule has 3 aromatic rings. The predicted octanol–water partition coefficient (Wildman–Crippen LogP) is 6.85. The first-order chi connectivity index (χ1) is 18.4. The fraction of sp³-hybridized carbons (Fsp3) is 0.394. The van der Waals surface area contributed by atoms with Crippen molar-refractivity contribution in [1.82, 2.24) is 10.2 Å². The number of benzene rings is 3. The average molecular weight is 594 g/mol. The van der Waals surface area contributed by atoms with Crippen LogP contribution < -0.4 is 10.1 Å². The molecule has 0 fully saturated rings. The highest BCUT2D eigenvalue weighted by molar-refractivity contribution is 9.10. The van der Waals surface area contributed by atoms with E-state index in [4.69, 9.17) is 4.74 Å². The second-order valence-corrected chi connectivity index (χ2v) is 12.4. The molecule has 1 atom stereocenters. The first kappa shape index (κ1) is 30.4. The number of halogens is 1. The van der Waals surface area contributed by atoms with Crippen molar-refractivity contribution in [3.63, 3.8) is 0 Å². The molecule has 208 valence electrons. The van der Waals surface area contributed by atoms with Crippen LogP contribution in [0.3, 0.4) is 0 Å². The maximum absolute atomic E-state index is 13.8. The van der Waals surface area contributed by atoms with Gasteiger partial charge in [-0.05, 0) is 63.0 Å². The zero-order chi connectivity index (χ0) is 28.6. The monoisotopic (exact) mass is 592 g/mol. The largest absolute Gasteiger partial charge is 0.483 e. The Balaban J connectivity index is 1.90. The standard InChI is InChI=1S/C33H41BrN2O3/c1-23(2)20-35-32(38)29(18-25-10-8-7-9-11-25)36(21-26-14-12-24(3)13-15-26)31(37)22-39-30-17-16-27(19-28(30)34)33(4,5)6/h7-17,19,23,29H,18,20-22H2,1-6H3,(H,35,38)/t29-/m1/s1. The SMILES string of the molecule is Cc1ccc(CN(C(=O)COc2ccc(C(C)(C)C)cc2Br)[C@H](Cc2ccccc2)C(=O)NCC(C)C)cc1. The molecule has 0 heterocycles. The molecule has 6 heteroatoms. The Labute approximate surface area is 242 Å². The highest BCUT2D eigenvalue weighted by Crippen LogP contribution is 2.31. The molecule has 5 nitrogen and oxygen atoms in total. The fourth-order valence-electron chi connectivity index (χ4n) is 4.17. The molecular weight excluding hydrogens is 552 g/mol. The van der Waals surface area contributed by atoms with Crippen LogP contribution in [0.2, 0.25) is 0 Å². The summed E-state index contributed by atoms with van der Waals surface area (Å²) in [6, 6.07) is 23.1. The Hall–Kier alpha value is -3.12. The molecule has 0 unspecified atom stereocenters. The molecule has 0 aliphatic heterocycles. The van der Waals surface area contributed by atoms with Gasteiger partial charge in [-0.3, -0.25) is 9.59 Å². The van der Waals surface area contributed by atoms with Crippen LogP contribution >= 0.6 is 15.9 Å². The van der Waals surface area contributed by atoms with E-state index >= 15 is 0 Å². The number of hydrogen-bond acceptors (Lipinski definition) is 3. The third kappa shape index (κ3) is 9.24. The van der Waals surface area contributed by atoms with Crippen molar-refractivity contribution in [3.05, 3.63) is 99.5 Å². The van der Waals surface area contributed by atoms with Gasteiger partial charge in [-0.25, -0.2) is 0 Å². The van der Waals surface area contributed by atoms with Gasteiger partial charge >= 0.3 is 0 Å². The van der Waals surface area contributed by atoms with Crippen LogP contribution in [-0.2, 0) is 28.0 Å². The van der Waals surface area contributed by atoms with Gasteiger partial charge in [0.05, 0.1) is 4.47 Å². The summed E-state index contributed by atoms with van der Waals surface area (Å²) >= 11 is 3.60. The normalized spacial score (nSPS) is 12.2. The minimum atomic E-state index is -0.685. The lowest BCUT2D eigenvalue weighted by molar-refractivity contribution is -0.142. The third-order valence-electron chi connectivity index (χ3n) is 6.58. The topological polar surface area (TPSA) is 58.6 Å². The van der Waals surface area contributed by atoms with Gasteiger partial charge in [0.1, 0.15) is 11.8 Å². The zero-order valence-electron chi connectivity index (χ0n) is 24.0. The molecule has 0 saturated carbocycles. The number of carbonyl (C=O) groups is 2. The third-order valence-corrected chi connectivity index (χ3v) is 7.20. The number of nitrogens with one attached hydrogen (secondary N) is 1. The van der Waals surface area contributed by atoms with Crippen molar-refractivity contribution in [2.45, 2.75) is 66.0 Å². The van der Waals surface area contributed by atoms with E-state index in [0.29, 0.717) is 31.2 Å². The summed E-state index contributed by atoms with van der Waals surface area (Å²) in [5.41, 5.74) is 4.25. The molecule has 39 heavy (non-hydrogen) atoms. The molecule has 1 N–H and O–H groups in total. The highest BCUT2D eigenvalue weighted by atomic mass is 79.9. The summed E-state index contributed by atoms with van der Waals surface area (Å²) in [5, 5.41) is 3.05. The summed E-state index contributed by atoms with van der Waals surface area (Å²) in [6.07, 6.45) is 0.409. The number of rotatable bonds is 11. The number of nitrogens with zero attached hydrogens (tertiary/aromatic N) is 1. The lowest BCUT2D eigenvalue weighted by Crippen LogP contribution is -2.52. The molecule has 0 radical (unpaired) electrons. The average Bonchev–Trinajstić information content (AvgIpc) is 2.89. The van der Waals surface area contributed by atoms with E-state index in [9.17, 15) is 9.59 Å². The van der Waals surface area contributed by atoms with E-state index in [1.54, 1.807) is 4.90 Å². The second-order valence-electron chi connectivity index (χ2n) is 11.5. The van der Waals surface area contributed by atoms with E-state index in [1.165, 1.54) is 5.56 Å². The van der Waals surface area contributed by atoms with Gasteiger partial charge in [-0.2, -0.15) is 0 Å². The predicted molar refractivity (Wildman–Crippen MR) is 162 cm³/mol. The molecule has 0 aliphatic carbocycles. The number of carbonyl (C=O) groups excluding carboxylic acids is 2. The number of hydrogen-bond donors (Lipinski definition) is 1. The van der Waals surface area contributed by atoms with Crippen molar-refractivity contribution in [3.8, 4) is 5.75 Å². The van der Waals surface area contributed by atoms with E-state index in [1.807, 2.05) is 79.7 Å². The minimum absolute atomic E-state index is 0.00425. The highest BCUT2D eigenvalue weighted by Gasteiger charge is 2.31. The van der Waals surface area contributed by atoms with Crippen LogP contribution in [0.25, 0.3) is 0 Å². The fourth-order valence-corrected chi connectivity index (χ4v) is 4.67. The first-order valence-electron chi connectivity index (χ1n) is 13.5. The molecular formula is C33H41BrN2O3. The number of amides is 2. The maximum atomic E-state index is 13.8. The van der Waals surface area contributed by atoms with Crippen LogP contribution in [0.4, 0.5) is 0 Å². The van der Waals surface area contributed by atoms with Gasteiger partial charge in [-0.1, -0.05) is 101 Å². The maximum Gasteiger partial charge on any atom is 0.261 e. The number of ether oxygens (including phenoxy) is 1. The Morgan fingerprint density at radius 2 is 1.62 bits per heavy atom. The lowest BCUT2D eigenvalue weighted by atomic mass is 9.87. The van der Waals surface area contributed by atoms with E-state index < -0.39 is 6.04 Å². The molecule has 0 aliphatic rings. The van der Waals surface area contributed by atoms with Gasteiger partial charge in [0, 0.05) is 19.5 Å². The van der Waals surface area contributed by atoms with E-state index in [2.05, 4.69) is 55.9 Å². The van der Waals surface area contributed by atoms with Gasteiger partial charge in [0.25, 0.3) is 5.91 Å². The summed E-state index contributed by atoms with van der Waals surface area (Å²) < 4.78 is 6.81. The van der Waals surface area contributed by atoms with Crippen molar-refractivity contribution in [2.75, 3.05) is 13.2 Å². The summed E-state index contributed by atoms with van der Waals surface area (Å²) in [4.78, 5) is 29.0. The summed E-state index contributed by atoms with van der Waals surface area (Å²) in [6.45, 7) is 13.3. The van der Waals surface area contributed by atoms with Crippen molar-refractivity contribution >= 4 is 27.7 Å². The van der Waals surface area contributed by atoms with Crippen LogP contribution in [-0.4, -0.2) is 35.9 Å². The lowest BCUT2D eigenvalue weighted by Gasteiger charge is -2.32. The van der Waals surface area contributed by atoms with E-state index in [-0.39, 0.29) is 23.8 Å². The van der Waals surface area contributed by atoms with Gasteiger partial charge in [0.15, 0.2) is 6.61 Å².